The monoisotopic (exact) mass is 352 g/mol. The fourth-order valence-electron chi connectivity index (χ4n) is 2.72. The number of rotatable bonds is 6. The molecule has 6 heteroatoms. The van der Waals surface area contributed by atoms with E-state index in [2.05, 4.69) is 16.4 Å². The number of hydrogen-bond donors (Lipinski definition) is 1. The Balaban J connectivity index is 1.53. The first kappa shape index (κ1) is 17.7. The van der Waals surface area contributed by atoms with Gasteiger partial charge < -0.3 is 14.8 Å². The summed E-state index contributed by atoms with van der Waals surface area (Å²) in [6.45, 7) is 1.52. The quantitative estimate of drug-likeness (QED) is 0.739. The lowest BCUT2D eigenvalue weighted by Crippen LogP contribution is -2.36. The van der Waals surface area contributed by atoms with Gasteiger partial charge in [0.05, 0.1) is 6.33 Å². The molecule has 1 N–H and O–H groups in total. The van der Waals surface area contributed by atoms with Gasteiger partial charge in [-0.15, -0.1) is 0 Å². The molecule has 0 saturated heterocycles. The first-order valence-corrected chi connectivity index (χ1v) is 8.37. The fraction of sp³-hybridized carbons (Fsp3) is 0.200. The van der Waals surface area contributed by atoms with Crippen molar-refractivity contribution in [3.8, 4) is 0 Å². The van der Waals surface area contributed by atoms with E-state index in [4.69, 9.17) is 0 Å². The lowest BCUT2D eigenvalue weighted by Gasteiger charge is -2.18. The second-order valence-electron chi connectivity index (χ2n) is 6.20. The summed E-state index contributed by atoms with van der Waals surface area (Å²) in [5.74, 6) is -0.300. The van der Waals surface area contributed by atoms with Gasteiger partial charge in [0, 0.05) is 39.1 Å². The van der Waals surface area contributed by atoms with Crippen LogP contribution >= 0.6 is 0 Å². The number of imidazole rings is 1. The third-order valence-corrected chi connectivity index (χ3v) is 4.01. The number of carbonyl (C=O) groups excluding carboxylic acids is 1. The average Bonchev–Trinajstić information content (AvgIpc) is 3.13. The summed E-state index contributed by atoms with van der Waals surface area (Å²) in [5.41, 5.74) is 2.92. The lowest BCUT2D eigenvalue weighted by molar-refractivity contribution is 0.206. The van der Waals surface area contributed by atoms with Crippen molar-refractivity contribution >= 4 is 6.03 Å². The van der Waals surface area contributed by atoms with Crippen LogP contribution in [0.15, 0.2) is 67.3 Å². The van der Waals surface area contributed by atoms with E-state index >= 15 is 0 Å². The molecule has 0 atom stereocenters. The zero-order valence-corrected chi connectivity index (χ0v) is 14.6. The molecule has 3 rings (SSSR count). The second kappa shape index (κ2) is 8.29. The van der Waals surface area contributed by atoms with Gasteiger partial charge in [0.15, 0.2) is 0 Å². The molecule has 0 spiro atoms. The maximum atomic E-state index is 13.2. The summed E-state index contributed by atoms with van der Waals surface area (Å²) in [4.78, 5) is 17.8. The van der Waals surface area contributed by atoms with Crippen molar-refractivity contribution in [2.45, 2.75) is 19.6 Å². The molecule has 5 nitrogen and oxygen atoms in total. The molecular weight excluding hydrogens is 331 g/mol. The minimum Gasteiger partial charge on any atom is -0.334 e. The van der Waals surface area contributed by atoms with Crippen molar-refractivity contribution in [2.24, 2.45) is 0 Å². The van der Waals surface area contributed by atoms with E-state index in [1.807, 2.05) is 29.0 Å². The summed E-state index contributed by atoms with van der Waals surface area (Å²) in [7, 11) is 1.69. The van der Waals surface area contributed by atoms with E-state index in [1.165, 1.54) is 17.0 Å². The van der Waals surface area contributed by atoms with E-state index in [0.29, 0.717) is 13.1 Å². The third kappa shape index (κ3) is 4.92. The summed E-state index contributed by atoms with van der Waals surface area (Å²) in [5, 5.41) is 2.89. The van der Waals surface area contributed by atoms with Crippen molar-refractivity contribution < 1.29 is 9.18 Å². The van der Waals surface area contributed by atoms with Gasteiger partial charge in [0.1, 0.15) is 5.82 Å². The van der Waals surface area contributed by atoms with Crippen molar-refractivity contribution in [1.82, 2.24) is 19.8 Å². The van der Waals surface area contributed by atoms with E-state index < -0.39 is 0 Å². The van der Waals surface area contributed by atoms with Crippen molar-refractivity contribution in [2.75, 3.05) is 7.05 Å². The Hall–Kier alpha value is -3.15. The van der Waals surface area contributed by atoms with Crippen LogP contribution in [0.4, 0.5) is 9.18 Å². The third-order valence-electron chi connectivity index (χ3n) is 4.01. The molecule has 1 aromatic heterocycles. The van der Waals surface area contributed by atoms with Crippen LogP contribution in [0.3, 0.4) is 0 Å². The zero-order chi connectivity index (χ0) is 18.4. The number of nitrogens with one attached hydrogen (secondary N) is 1. The lowest BCUT2D eigenvalue weighted by atomic mass is 10.1. The van der Waals surface area contributed by atoms with Crippen LogP contribution in [0.5, 0.6) is 0 Å². The Bertz CT molecular complexity index is 864. The van der Waals surface area contributed by atoms with Crippen LogP contribution in [0.1, 0.15) is 16.7 Å². The predicted octanol–water partition coefficient (Wildman–Crippen LogP) is 3.41. The Morgan fingerprint density at radius 3 is 2.69 bits per heavy atom. The normalized spacial score (nSPS) is 10.5. The fourth-order valence-corrected chi connectivity index (χ4v) is 2.72. The van der Waals surface area contributed by atoms with Crippen molar-refractivity contribution in [1.29, 1.82) is 0 Å². The highest BCUT2D eigenvalue weighted by Crippen LogP contribution is 2.09. The minimum atomic E-state index is -0.300. The summed E-state index contributed by atoms with van der Waals surface area (Å²) >= 11 is 0. The van der Waals surface area contributed by atoms with Gasteiger partial charge in [-0.25, -0.2) is 14.2 Å². The average molecular weight is 352 g/mol. The Labute approximate surface area is 152 Å². The molecule has 2 aromatic carbocycles. The second-order valence-corrected chi connectivity index (χ2v) is 6.20. The van der Waals surface area contributed by atoms with Crippen LogP contribution in [0.2, 0.25) is 0 Å². The van der Waals surface area contributed by atoms with Crippen LogP contribution in [0, 0.1) is 5.82 Å². The number of hydrogen-bond acceptors (Lipinski definition) is 2. The maximum absolute atomic E-state index is 13.2. The highest BCUT2D eigenvalue weighted by atomic mass is 19.1. The van der Waals surface area contributed by atoms with E-state index in [-0.39, 0.29) is 11.8 Å². The van der Waals surface area contributed by atoms with Crippen LogP contribution < -0.4 is 5.32 Å². The van der Waals surface area contributed by atoms with E-state index in [1.54, 1.807) is 31.7 Å². The van der Waals surface area contributed by atoms with Gasteiger partial charge >= 0.3 is 6.03 Å². The number of halogens is 1. The number of aromatic nitrogens is 2. The Morgan fingerprint density at radius 1 is 1.15 bits per heavy atom. The largest absolute Gasteiger partial charge is 0.334 e. The summed E-state index contributed by atoms with van der Waals surface area (Å²) in [6, 6.07) is 14.1. The van der Waals surface area contributed by atoms with Crippen molar-refractivity contribution in [3.05, 3.63) is 89.8 Å². The molecule has 0 fully saturated rings. The molecule has 134 valence electrons. The van der Waals surface area contributed by atoms with Crippen LogP contribution in [-0.4, -0.2) is 27.5 Å². The van der Waals surface area contributed by atoms with Gasteiger partial charge in [-0.05, 0) is 28.8 Å². The highest BCUT2D eigenvalue weighted by molar-refractivity contribution is 5.73. The van der Waals surface area contributed by atoms with Crippen LogP contribution in [-0.2, 0) is 19.6 Å². The molecule has 0 aliphatic rings. The number of benzene rings is 2. The number of nitrogens with zero attached hydrogens (tertiary/aromatic N) is 3. The van der Waals surface area contributed by atoms with Gasteiger partial charge in [0.2, 0.25) is 0 Å². The minimum absolute atomic E-state index is 0.200. The van der Waals surface area contributed by atoms with Gasteiger partial charge in [-0.2, -0.15) is 0 Å². The Kier molecular flexibility index (Phi) is 5.63. The molecule has 0 saturated carbocycles. The number of amides is 2. The van der Waals surface area contributed by atoms with Crippen molar-refractivity contribution in [3.63, 3.8) is 0 Å². The molecule has 0 aliphatic heterocycles. The smallest absolute Gasteiger partial charge is 0.317 e. The SMILES string of the molecule is CN(Cc1cccc(F)c1)C(=O)NCc1cccc(Cn2ccnc2)c1. The zero-order valence-electron chi connectivity index (χ0n) is 14.6. The van der Waals surface area contributed by atoms with Gasteiger partial charge in [-0.3, -0.25) is 0 Å². The summed E-state index contributed by atoms with van der Waals surface area (Å²) in [6.07, 6.45) is 5.43. The molecule has 0 bridgehead atoms. The van der Waals surface area contributed by atoms with E-state index in [9.17, 15) is 9.18 Å². The highest BCUT2D eigenvalue weighted by Gasteiger charge is 2.09. The van der Waals surface area contributed by atoms with E-state index in [0.717, 1.165) is 23.2 Å². The first-order chi connectivity index (χ1) is 12.6. The number of urea groups is 1. The predicted molar refractivity (Wildman–Crippen MR) is 97.9 cm³/mol. The molecule has 26 heavy (non-hydrogen) atoms. The molecule has 0 unspecified atom stereocenters. The Morgan fingerprint density at radius 2 is 1.92 bits per heavy atom. The first-order valence-electron chi connectivity index (χ1n) is 8.37. The molecular formula is C20H21FN4O. The van der Waals surface area contributed by atoms with Crippen LogP contribution in [0.25, 0.3) is 0 Å². The summed E-state index contributed by atoms with van der Waals surface area (Å²) < 4.78 is 15.2. The standard InChI is InChI=1S/C20H21FN4O/c1-24(13-18-6-3-7-19(21)11-18)20(26)23-12-16-4-2-5-17(10-16)14-25-9-8-22-15-25/h2-11,15H,12-14H2,1H3,(H,23,26). The molecule has 0 aliphatic carbocycles. The molecule has 0 radical (unpaired) electrons. The molecule has 1 heterocycles. The molecule has 2 amide bonds. The molecule has 3 aromatic rings. The maximum Gasteiger partial charge on any atom is 0.317 e. The van der Waals surface area contributed by atoms with Gasteiger partial charge in [-0.1, -0.05) is 36.4 Å². The topological polar surface area (TPSA) is 50.2 Å². The van der Waals surface area contributed by atoms with Gasteiger partial charge in [0.25, 0.3) is 0 Å². The number of carbonyl (C=O) groups is 1.